The van der Waals surface area contributed by atoms with Gasteiger partial charge in [0.1, 0.15) is 11.9 Å². The summed E-state index contributed by atoms with van der Waals surface area (Å²) in [5, 5.41) is 10.3. The van der Waals surface area contributed by atoms with E-state index in [9.17, 15) is 5.11 Å². The van der Waals surface area contributed by atoms with E-state index in [0.29, 0.717) is 18.8 Å². The van der Waals surface area contributed by atoms with E-state index >= 15 is 0 Å². The Balaban J connectivity index is 1.52. The first-order valence-corrected chi connectivity index (χ1v) is 8.47. The molecule has 3 heterocycles. The van der Waals surface area contributed by atoms with Gasteiger partial charge in [0.2, 0.25) is 0 Å². The van der Waals surface area contributed by atoms with E-state index in [2.05, 4.69) is 16.8 Å². The molecule has 0 radical (unpaired) electrons. The Labute approximate surface area is 132 Å². The molecule has 2 aliphatic heterocycles. The minimum atomic E-state index is -0.543. The molecule has 5 heteroatoms. The van der Waals surface area contributed by atoms with Gasteiger partial charge in [-0.1, -0.05) is 0 Å². The van der Waals surface area contributed by atoms with Crippen LogP contribution in [0.3, 0.4) is 0 Å². The number of morpholine rings is 1. The maximum Gasteiger partial charge on any atom is 0.132 e. The fraction of sp³-hybridized carbons (Fsp3) is 0.765. The highest BCUT2D eigenvalue weighted by Crippen LogP contribution is 2.24. The lowest BCUT2D eigenvalue weighted by Gasteiger charge is -2.37. The zero-order chi connectivity index (χ0) is 15.4. The molecular formula is C17H28N2O3. The van der Waals surface area contributed by atoms with Crippen LogP contribution >= 0.6 is 0 Å². The van der Waals surface area contributed by atoms with Crippen LogP contribution in [0.25, 0.3) is 0 Å². The second kappa shape index (κ2) is 7.59. The van der Waals surface area contributed by atoms with Gasteiger partial charge in [-0.3, -0.25) is 4.90 Å². The summed E-state index contributed by atoms with van der Waals surface area (Å²) in [5.74, 6) is 0.654. The van der Waals surface area contributed by atoms with Crippen molar-refractivity contribution >= 4 is 0 Å². The van der Waals surface area contributed by atoms with Crippen molar-refractivity contribution in [2.24, 2.45) is 0 Å². The van der Waals surface area contributed by atoms with Crippen molar-refractivity contribution in [3.8, 4) is 0 Å². The molecule has 3 unspecified atom stereocenters. The topological polar surface area (TPSA) is 49.1 Å². The largest absolute Gasteiger partial charge is 0.467 e. The van der Waals surface area contributed by atoms with Crippen LogP contribution in [0.5, 0.6) is 0 Å². The highest BCUT2D eigenvalue weighted by molar-refractivity contribution is 5.02. The summed E-state index contributed by atoms with van der Waals surface area (Å²) in [6, 6.07) is 4.66. The first-order chi connectivity index (χ1) is 10.7. The second-order valence-corrected chi connectivity index (χ2v) is 6.60. The van der Waals surface area contributed by atoms with Crippen molar-refractivity contribution < 1.29 is 14.3 Å². The Morgan fingerprint density at radius 2 is 2.27 bits per heavy atom. The quantitative estimate of drug-likeness (QED) is 0.869. The SMILES string of the molecule is CN1CCCC1CCN1CCOCC1CC(O)c1ccco1. The molecule has 22 heavy (non-hydrogen) atoms. The first-order valence-electron chi connectivity index (χ1n) is 8.47. The third kappa shape index (κ3) is 3.90. The van der Waals surface area contributed by atoms with E-state index in [-0.39, 0.29) is 6.04 Å². The molecule has 2 fully saturated rings. The lowest BCUT2D eigenvalue weighted by Crippen LogP contribution is -2.47. The van der Waals surface area contributed by atoms with Crippen LogP contribution in [-0.2, 0) is 4.74 Å². The molecule has 3 atom stereocenters. The predicted octanol–water partition coefficient (Wildman–Crippen LogP) is 1.89. The van der Waals surface area contributed by atoms with Gasteiger partial charge in [0.05, 0.1) is 19.5 Å². The standard InChI is InChI=1S/C17H28N2O3/c1-18-7-2-4-14(18)6-8-19-9-11-21-13-15(19)12-16(20)17-5-3-10-22-17/h3,5,10,14-16,20H,2,4,6-9,11-13H2,1H3. The average Bonchev–Trinajstić information content (AvgIpc) is 3.18. The molecule has 1 aromatic heterocycles. The molecule has 0 aliphatic carbocycles. The Bertz CT molecular complexity index is 437. The second-order valence-electron chi connectivity index (χ2n) is 6.60. The number of hydrogen-bond donors (Lipinski definition) is 1. The highest BCUT2D eigenvalue weighted by Gasteiger charge is 2.28. The molecule has 3 rings (SSSR count). The molecule has 1 N–H and O–H groups in total. The summed E-state index contributed by atoms with van der Waals surface area (Å²) in [5.41, 5.74) is 0. The van der Waals surface area contributed by atoms with E-state index in [1.807, 2.05) is 12.1 Å². The van der Waals surface area contributed by atoms with Crippen LogP contribution < -0.4 is 0 Å². The van der Waals surface area contributed by atoms with Gasteiger partial charge in [0.25, 0.3) is 0 Å². The molecule has 0 amide bonds. The van der Waals surface area contributed by atoms with Crippen molar-refractivity contribution in [3.05, 3.63) is 24.2 Å². The van der Waals surface area contributed by atoms with Crippen molar-refractivity contribution in [2.75, 3.05) is 39.9 Å². The monoisotopic (exact) mass is 308 g/mol. The summed E-state index contributed by atoms with van der Waals surface area (Å²) >= 11 is 0. The summed E-state index contributed by atoms with van der Waals surface area (Å²) in [7, 11) is 2.23. The van der Waals surface area contributed by atoms with E-state index in [1.54, 1.807) is 6.26 Å². The maximum atomic E-state index is 10.3. The average molecular weight is 308 g/mol. The minimum Gasteiger partial charge on any atom is -0.467 e. The van der Waals surface area contributed by atoms with Gasteiger partial charge in [0, 0.05) is 25.2 Å². The Kier molecular flexibility index (Phi) is 5.52. The van der Waals surface area contributed by atoms with Crippen LogP contribution in [0, 0.1) is 0 Å². The molecule has 0 bridgehead atoms. The lowest BCUT2D eigenvalue weighted by molar-refractivity contribution is -0.0305. The third-order valence-corrected chi connectivity index (χ3v) is 5.14. The Morgan fingerprint density at radius 3 is 3.00 bits per heavy atom. The fourth-order valence-corrected chi connectivity index (χ4v) is 3.71. The minimum absolute atomic E-state index is 0.278. The molecule has 0 saturated carbocycles. The predicted molar refractivity (Wildman–Crippen MR) is 84.7 cm³/mol. The van der Waals surface area contributed by atoms with Gasteiger partial charge in [0.15, 0.2) is 0 Å². The number of furan rings is 1. The molecule has 124 valence electrons. The summed E-state index contributed by atoms with van der Waals surface area (Å²) < 4.78 is 10.9. The van der Waals surface area contributed by atoms with Crippen molar-refractivity contribution in [2.45, 2.75) is 43.9 Å². The first kappa shape index (κ1) is 16.0. The molecular weight excluding hydrogens is 280 g/mol. The number of likely N-dealkylation sites (tertiary alicyclic amines) is 1. The van der Waals surface area contributed by atoms with Gasteiger partial charge < -0.3 is 19.2 Å². The van der Waals surface area contributed by atoms with E-state index < -0.39 is 6.10 Å². The van der Waals surface area contributed by atoms with E-state index in [1.165, 1.54) is 25.8 Å². The molecule has 2 aliphatic rings. The van der Waals surface area contributed by atoms with E-state index in [4.69, 9.17) is 9.15 Å². The zero-order valence-corrected chi connectivity index (χ0v) is 13.5. The van der Waals surface area contributed by atoms with Crippen LogP contribution in [0.2, 0.25) is 0 Å². The molecule has 1 aromatic rings. The van der Waals surface area contributed by atoms with Crippen LogP contribution in [-0.4, -0.2) is 66.9 Å². The zero-order valence-electron chi connectivity index (χ0n) is 13.5. The Hall–Kier alpha value is -0.880. The Morgan fingerprint density at radius 1 is 1.36 bits per heavy atom. The van der Waals surface area contributed by atoms with Gasteiger partial charge in [-0.2, -0.15) is 0 Å². The van der Waals surface area contributed by atoms with Crippen LogP contribution in [0.4, 0.5) is 0 Å². The summed E-state index contributed by atoms with van der Waals surface area (Å²) in [4.78, 5) is 4.97. The van der Waals surface area contributed by atoms with E-state index in [0.717, 1.165) is 25.7 Å². The van der Waals surface area contributed by atoms with Gasteiger partial charge in [-0.05, 0) is 51.4 Å². The van der Waals surface area contributed by atoms with Crippen LogP contribution in [0.15, 0.2) is 22.8 Å². The summed E-state index contributed by atoms with van der Waals surface area (Å²) in [6.45, 7) is 4.79. The van der Waals surface area contributed by atoms with Crippen molar-refractivity contribution in [1.82, 2.24) is 9.80 Å². The molecule has 0 spiro atoms. The third-order valence-electron chi connectivity index (χ3n) is 5.14. The number of ether oxygens (including phenoxy) is 1. The smallest absolute Gasteiger partial charge is 0.132 e. The van der Waals surface area contributed by atoms with Gasteiger partial charge in [-0.25, -0.2) is 0 Å². The molecule has 2 saturated heterocycles. The molecule has 5 nitrogen and oxygen atoms in total. The number of rotatable bonds is 6. The van der Waals surface area contributed by atoms with Gasteiger partial charge >= 0.3 is 0 Å². The maximum absolute atomic E-state index is 10.3. The van der Waals surface area contributed by atoms with Crippen LogP contribution in [0.1, 0.15) is 37.5 Å². The summed E-state index contributed by atoms with van der Waals surface area (Å²) in [6.07, 6.45) is 5.60. The number of hydrogen-bond acceptors (Lipinski definition) is 5. The fourth-order valence-electron chi connectivity index (χ4n) is 3.71. The lowest BCUT2D eigenvalue weighted by atomic mass is 10.0. The number of nitrogens with zero attached hydrogens (tertiary/aromatic N) is 2. The number of aliphatic hydroxyl groups is 1. The highest BCUT2D eigenvalue weighted by atomic mass is 16.5. The molecule has 0 aromatic carbocycles. The van der Waals surface area contributed by atoms with Crippen molar-refractivity contribution in [1.29, 1.82) is 0 Å². The number of aliphatic hydroxyl groups excluding tert-OH is 1. The van der Waals surface area contributed by atoms with Crippen molar-refractivity contribution in [3.63, 3.8) is 0 Å². The normalized spacial score (nSPS) is 29.0. The van der Waals surface area contributed by atoms with Gasteiger partial charge in [-0.15, -0.1) is 0 Å².